The van der Waals surface area contributed by atoms with Gasteiger partial charge in [0.05, 0.1) is 5.41 Å². The van der Waals surface area contributed by atoms with Crippen LogP contribution in [0.2, 0.25) is 0 Å². The van der Waals surface area contributed by atoms with Gasteiger partial charge >= 0.3 is 0 Å². The van der Waals surface area contributed by atoms with Gasteiger partial charge in [-0.25, -0.2) is 0 Å². The summed E-state index contributed by atoms with van der Waals surface area (Å²) in [6, 6.07) is 27.2. The normalized spacial score (nSPS) is 16.5. The number of hydrogen-bond acceptors (Lipinski definition) is 2. The molecule has 55 heavy (non-hydrogen) atoms. The van der Waals surface area contributed by atoms with E-state index in [1.165, 1.54) is 146 Å². The number of carbonyl (C=O) groups excluding carboxylic acids is 2. The maximum absolute atomic E-state index is 12.0. The van der Waals surface area contributed by atoms with E-state index in [2.05, 4.69) is 88.4 Å². The molecule has 0 radical (unpaired) electrons. The van der Waals surface area contributed by atoms with Crippen LogP contribution in [0, 0.1) is 13.8 Å². The standard InChI is InChI=1S/C53H62O2/c1-7-10-12-14-16-18-30-52(31-19-17-15-13-11-8-2)48-32-38(4)20-28-44(48)46-35-51-47(34-49(46)52)45-29-21-39(5)33-50(45)53(51,40(6)22-23-41(9-3)36-54)43-26-24-42(37-55)25-27-43/h9,20-29,32-37H,6-8,10-19,30-31H2,1-5H3/b23-22-,41-9+. The molecular formula is C53H62O2. The number of allylic oxidation sites excluding steroid dienone is 5. The Kier molecular flexibility index (Phi) is 13.1. The fourth-order valence-corrected chi connectivity index (χ4v) is 9.79. The second-order valence-corrected chi connectivity index (χ2v) is 16.4. The van der Waals surface area contributed by atoms with Crippen LogP contribution in [0.15, 0.2) is 109 Å². The molecule has 0 N–H and O–H groups in total. The zero-order valence-corrected chi connectivity index (χ0v) is 34.2. The Labute approximate surface area is 331 Å². The first-order chi connectivity index (χ1) is 26.8. The van der Waals surface area contributed by atoms with Gasteiger partial charge in [0.2, 0.25) is 0 Å². The molecule has 6 rings (SSSR count). The summed E-state index contributed by atoms with van der Waals surface area (Å²) in [7, 11) is 0. The molecule has 2 heteroatoms. The summed E-state index contributed by atoms with van der Waals surface area (Å²) in [5.41, 5.74) is 15.6. The SMILES string of the molecule is C=C(/C=C\C(C=O)=C/C)C1(c2ccc(C=O)cc2)c2cc(C)ccc2-c2cc3c(cc21)-c1ccc(C)cc1C3(CCCCCCCC)CCCCCCCC. The minimum atomic E-state index is -0.722. The average Bonchev–Trinajstić information content (AvgIpc) is 3.62. The summed E-state index contributed by atoms with van der Waals surface area (Å²) in [6.07, 6.45) is 25.4. The largest absolute Gasteiger partial charge is 0.298 e. The summed E-state index contributed by atoms with van der Waals surface area (Å²) in [6.45, 7) is 15.7. The summed E-state index contributed by atoms with van der Waals surface area (Å²) < 4.78 is 0. The van der Waals surface area contributed by atoms with Crippen LogP contribution >= 0.6 is 0 Å². The van der Waals surface area contributed by atoms with Crippen molar-refractivity contribution in [2.24, 2.45) is 0 Å². The average molecular weight is 731 g/mol. The first-order valence-electron chi connectivity index (χ1n) is 21.3. The fraction of sp³-hybridized carbons (Fsp3) is 0.396. The van der Waals surface area contributed by atoms with E-state index in [-0.39, 0.29) is 5.41 Å². The molecule has 0 saturated heterocycles. The molecule has 286 valence electrons. The molecule has 0 fully saturated rings. The van der Waals surface area contributed by atoms with Crippen LogP contribution in [0.5, 0.6) is 0 Å². The van der Waals surface area contributed by atoms with Crippen LogP contribution in [-0.4, -0.2) is 12.6 Å². The smallest absolute Gasteiger partial charge is 0.150 e. The van der Waals surface area contributed by atoms with Gasteiger partial charge in [-0.3, -0.25) is 9.59 Å². The van der Waals surface area contributed by atoms with Crippen LogP contribution < -0.4 is 0 Å². The highest BCUT2D eigenvalue weighted by Crippen LogP contribution is 2.62. The first-order valence-corrected chi connectivity index (χ1v) is 21.3. The van der Waals surface area contributed by atoms with Crippen molar-refractivity contribution in [1.82, 2.24) is 0 Å². The topological polar surface area (TPSA) is 34.1 Å². The molecule has 4 aromatic rings. The Morgan fingerprint density at radius 3 is 1.64 bits per heavy atom. The molecule has 2 aliphatic rings. The van der Waals surface area contributed by atoms with Crippen molar-refractivity contribution in [1.29, 1.82) is 0 Å². The number of fused-ring (bicyclic) bond motifs is 6. The molecule has 0 aliphatic heterocycles. The molecule has 2 aliphatic carbocycles. The first kappa shape index (κ1) is 40.1. The van der Waals surface area contributed by atoms with E-state index in [0.29, 0.717) is 11.1 Å². The van der Waals surface area contributed by atoms with Crippen molar-refractivity contribution >= 4 is 12.6 Å². The van der Waals surface area contributed by atoms with Gasteiger partial charge < -0.3 is 0 Å². The molecule has 0 saturated carbocycles. The van der Waals surface area contributed by atoms with Gasteiger partial charge in [0, 0.05) is 16.6 Å². The lowest BCUT2D eigenvalue weighted by molar-refractivity contribution is -0.104. The molecule has 1 unspecified atom stereocenters. The minimum Gasteiger partial charge on any atom is -0.298 e. The van der Waals surface area contributed by atoms with Crippen LogP contribution in [0.4, 0.5) is 0 Å². The molecule has 0 bridgehead atoms. The van der Waals surface area contributed by atoms with Crippen LogP contribution in [0.1, 0.15) is 160 Å². The highest BCUT2D eigenvalue weighted by molar-refractivity contribution is 5.93. The summed E-state index contributed by atoms with van der Waals surface area (Å²) in [5.74, 6) is 0. The van der Waals surface area contributed by atoms with Gasteiger partial charge in [-0.2, -0.15) is 0 Å². The van der Waals surface area contributed by atoms with Crippen molar-refractivity contribution in [3.8, 4) is 22.3 Å². The number of carbonyl (C=O) groups is 2. The third-order valence-electron chi connectivity index (χ3n) is 12.7. The van der Waals surface area contributed by atoms with Crippen LogP contribution in [0.3, 0.4) is 0 Å². The van der Waals surface area contributed by atoms with Crippen LogP contribution in [-0.2, 0) is 15.6 Å². The molecule has 4 aromatic carbocycles. The van der Waals surface area contributed by atoms with E-state index in [1.807, 2.05) is 37.3 Å². The second kappa shape index (κ2) is 17.9. The van der Waals surface area contributed by atoms with E-state index in [1.54, 1.807) is 0 Å². The number of aryl methyl sites for hydroxylation is 2. The quantitative estimate of drug-likeness (QED) is 0.0393. The Balaban J connectivity index is 1.60. The predicted octanol–water partition coefficient (Wildman–Crippen LogP) is 14.5. The summed E-state index contributed by atoms with van der Waals surface area (Å²) in [4.78, 5) is 23.8. The lowest BCUT2D eigenvalue weighted by Crippen LogP contribution is -2.29. The zero-order valence-electron chi connectivity index (χ0n) is 34.2. The predicted molar refractivity (Wildman–Crippen MR) is 233 cm³/mol. The Morgan fingerprint density at radius 2 is 1.07 bits per heavy atom. The third kappa shape index (κ3) is 7.67. The lowest BCUT2D eigenvalue weighted by atomic mass is 9.66. The van der Waals surface area contributed by atoms with E-state index < -0.39 is 5.41 Å². The van der Waals surface area contributed by atoms with Gasteiger partial charge in [0.15, 0.2) is 0 Å². The van der Waals surface area contributed by atoms with E-state index in [0.717, 1.165) is 23.7 Å². The second-order valence-electron chi connectivity index (χ2n) is 16.4. The van der Waals surface area contributed by atoms with Gasteiger partial charge in [0.1, 0.15) is 12.6 Å². The molecule has 1 atom stereocenters. The lowest BCUT2D eigenvalue weighted by Gasteiger charge is -2.35. The monoisotopic (exact) mass is 730 g/mol. The zero-order chi connectivity index (χ0) is 39.0. The summed E-state index contributed by atoms with van der Waals surface area (Å²) >= 11 is 0. The minimum absolute atomic E-state index is 0.0371. The molecule has 0 spiro atoms. The highest BCUT2D eigenvalue weighted by Gasteiger charge is 2.50. The molecule has 0 amide bonds. The van der Waals surface area contributed by atoms with E-state index in [4.69, 9.17) is 6.58 Å². The van der Waals surface area contributed by atoms with Crippen molar-refractivity contribution < 1.29 is 9.59 Å². The van der Waals surface area contributed by atoms with Gasteiger partial charge in [-0.15, -0.1) is 0 Å². The Bertz CT molecular complexity index is 2060. The number of unbranched alkanes of at least 4 members (excludes halogenated alkanes) is 10. The molecule has 2 nitrogen and oxygen atoms in total. The Hall–Kier alpha value is -4.56. The number of hydrogen-bond donors (Lipinski definition) is 0. The van der Waals surface area contributed by atoms with E-state index >= 15 is 0 Å². The Morgan fingerprint density at radius 1 is 0.582 bits per heavy atom. The van der Waals surface area contributed by atoms with Crippen molar-refractivity contribution in [3.63, 3.8) is 0 Å². The van der Waals surface area contributed by atoms with Gasteiger partial charge in [0.25, 0.3) is 0 Å². The summed E-state index contributed by atoms with van der Waals surface area (Å²) in [5, 5.41) is 0. The fourth-order valence-electron chi connectivity index (χ4n) is 9.79. The highest BCUT2D eigenvalue weighted by atomic mass is 16.1. The van der Waals surface area contributed by atoms with Crippen molar-refractivity contribution in [2.45, 2.75) is 135 Å². The van der Waals surface area contributed by atoms with Gasteiger partial charge in [-0.05, 0) is 101 Å². The number of rotatable bonds is 20. The van der Waals surface area contributed by atoms with Crippen LogP contribution in [0.25, 0.3) is 22.3 Å². The number of benzene rings is 4. The maximum atomic E-state index is 12.0. The van der Waals surface area contributed by atoms with E-state index in [9.17, 15) is 9.59 Å². The number of aldehydes is 2. The van der Waals surface area contributed by atoms with Gasteiger partial charge in [-0.1, -0.05) is 187 Å². The third-order valence-corrected chi connectivity index (χ3v) is 12.7. The molecule has 0 heterocycles. The maximum Gasteiger partial charge on any atom is 0.150 e. The molecular weight excluding hydrogens is 669 g/mol. The van der Waals surface area contributed by atoms with Crippen molar-refractivity contribution in [3.05, 3.63) is 153 Å². The van der Waals surface area contributed by atoms with Crippen molar-refractivity contribution in [2.75, 3.05) is 0 Å². The molecule has 0 aromatic heterocycles.